The van der Waals surface area contributed by atoms with Gasteiger partial charge in [0.05, 0.1) is 0 Å². The standard InChI is InChI=1S/C19H22FN3/c1-15(16-7-9-21-10-8-16)22-14-17-13-18(20)5-6-19(17)23-11-3-2-4-12-23/h5-10,13,22H,1-4,11-12,14H2. The minimum Gasteiger partial charge on any atom is -0.381 e. The van der Waals surface area contributed by atoms with Crippen molar-refractivity contribution in [2.24, 2.45) is 0 Å². The van der Waals surface area contributed by atoms with Gasteiger partial charge < -0.3 is 10.2 Å². The van der Waals surface area contributed by atoms with Crippen molar-refractivity contribution in [1.82, 2.24) is 10.3 Å². The summed E-state index contributed by atoms with van der Waals surface area (Å²) in [6.07, 6.45) is 7.17. The highest BCUT2D eigenvalue weighted by atomic mass is 19.1. The number of rotatable bonds is 5. The molecule has 23 heavy (non-hydrogen) atoms. The molecule has 0 unspecified atom stereocenters. The molecule has 0 spiro atoms. The second-order valence-electron chi connectivity index (χ2n) is 5.89. The molecular formula is C19H22FN3. The number of hydrogen-bond acceptors (Lipinski definition) is 3. The van der Waals surface area contributed by atoms with Crippen LogP contribution in [0.5, 0.6) is 0 Å². The van der Waals surface area contributed by atoms with Gasteiger partial charge in [0.15, 0.2) is 0 Å². The molecule has 0 saturated carbocycles. The van der Waals surface area contributed by atoms with Crippen molar-refractivity contribution >= 4 is 11.4 Å². The molecule has 1 aromatic carbocycles. The van der Waals surface area contributed by atoms with E-state index in [1.54, 1.807) is 24.5 Å². The van der Waals surface area contributed by atoms with Crippen LogP contribution >= 0.6 is 0 Å². The molecule has 1 aliphatic heterocycles. The molecular weight excluding hydrogens is 289 g/mol. The van der Waals surface area contributed by atoms with Gasteiger partial charge in [-0.15, -0.1) is 0 Å². The summed E-state index contributed by atoms with van der Waals surface area (Å²) in [7, 11) is 0. The van der Waals surface area contributed by atoms with Gasteiger partial charge in [0.1, 0.15) is 5.82 Å². The topological polar surface area (TPSA) is 28.2 Å². The predicted octanol–water partition coefficient (Wildman–Crippen LogP) is 3.97. The molecule has 1 fully saturated rings. The smallest absolute Gasteiger partial charge is 0.123 e. The number of aromatic nitrogens is 1. The Hall–Kier alpha value is -2.36. The fourth-order valence-corrected chi connectivity index (χ4v) is 3.00. The molecule has 0 atom stereocenters. The predicted molar refractivity (Wildman–Crippen MR) is 92.6 cm³/mol. The average Bonchev–Trinajstić information content (AvgIpc) is 2.61. The van der Waals surface area contributed by atoms with Crippen LogP contribution in [0.4, 0.5) is 10.1 Å². The van der Waals surface area contributed by atoms with E-state index < -0.39 is 0 Å². The minimum atomic E-state index is -0.197. The zero-order valence-corrected chi connectivity index (χ0v) is 13.3. The van der Waals surface area contributed by atoms with Gasteiger partial charge in [-0.05, 0) is 55.2 Å². The normalized spacial score (nSPS) is 14.6. The van der Waals surface area contributed by atoms with Crippen LogP contribution < -0.4 is 10.2 Å². The van der Waals surface area contributed by atoms with Crippen LogP contribution in [0.1, 0.15) is 30.4 Å². The van der Waals surface area contributed by atoms with E-state index in [1.165, 1.54) is 19.3 Å². The molecule has 2 aromatic rings. The van der Waals surface area contributed by atoms with Crippen molar-refractivity contribution in [2.45, 2.75) is 25.8 Å². The summed E-state index contributed by atoms with van der Waals surface area (Å²) in [4.78, 5) is 6.36. The summed E-state index contributed by atoms with van der Waals surface area (Å²) in [5.41, 5.74) is 3.92. The highest BCUT2D eigenvalue weighted by molar-refractivity contribution is 5.62. The van der Waals surface area contributed by atoms with Crippen molar-refractivity contribution in [3.8, 4) is 0 Å². The van der Waals surface area contributed by atoms with Crippen LogP contribution in [0.2, 0.25) is 0 Å². The first kappa shape index (κ1) is 15.5. The zero-order chi connectivity index (χ0) is 16.1. The first-order chi connectivity index (χ1) is 11.2. The Morgan fingerprint density at radius 1 is 1.13 bits per heavy atom. The SMILES string of the molecule is C=C(NCc1cc(F)ccc1N1CCCCC1)c1ccncc1. The number of halogens is 1. The van der Waals surface area contributed by atoms with Crippen molar-refractivity contribution in [3.63, 3.8) is 0 Å². The monoisotopic (exact) mass is 311 g/mol. The Labute approximate surface area is 136 Å². The van der Waals surface area contributed by atoms with Crippen molar-refractivity contribution < 1.29 is 4.39 Å². The van der Waals surface area contributed by atoms with E-state index in [0.717, 1.165) is 35.6 Å². The minimum absolute atomic E-state index is 0.197. The Balaban J connectivity index is 1.73. The number of nitrogens with one attached hydrogen (secondary N) is 1. The maximum Gasteiger partial charge on any atom is 0.123 e. The molecule has 0 radical (unpaired) electrons. The van der Waals surface area contributed by atoms with E-state index in [1.807, 2.05) is 18.2 Å². The molecule has 1 aromatic heterocycles. The first-order valence-electron chi connectivity index (χ1n) is 8.10. The lowest BCUT2D eigenvalue weighted by molar-refractivity contribution is 0.574. The van der Waals surface area contributed by atoms with E-state index in [2.05, 4.69) is 21.8 Å². The Bertz CT molecular complexity index is 664. The summed E-state index contributed by atoms with van der Waals surface area (Å²) in [6.45, 7) is 6.71. The third kappa shape index (κ3) is 3.89. The molecule has 120 valence electrons. The fourth-order valence-electron chi connectivity index (χ4n) is 3.00. The number of pyridine rings is 1. The van der Waals surface area contributed by atoms with E-state index in [9.17, 15) is 4.39 Å². The highest BCUT2D eigenvalue weighted by Crippen LogP contribution is 2.25. The van der Waals surface area contributed by atoms with E-state index >= 15 is 0 Å². The molecule has 1 N–H and O–H groups in total. The molecule has 1 aliphatic rings. The maximum absolute atomic E-state index is 13.7. The first-order valence-corrected chi connectivity index (χ1v) is 8.10. The summed E-state index contributed by atoms with van der Waals surface area (Å²) in [5, 5.41) is 3.31. The summed E-state index contributed by atoms with van der Waals surface area (Å²) in [6, 6.07) is 8.88. The number of benzene rings is 1. The fraction of sp³-hybridized carbons (Fsp3) is 0.316. The zero-order valence-electron chi connectivity index (χ0n) is 13.3. The second kappa shape index (κ2) is 7.27. The van der Waals surface area contributed by atoms with Gasteiger partial charge in [0.25, 0.3) is 0 Å². The molecule has 0 amide bonds. The van der Waals surface area contributed by atoms with Gasteiger partial charge in [0.2, 0.25) is 0 Å². The molecule has 0 bridgehead atoms. The van der Waals surface area contributed by atoms with Gasteiger partial charge in [-0.25, -0.2) is 4.39 Å². The van der Waals surface area contributed by atoms with Gasteiger partial charge in [0, 0.05) is 49.0 Å². The summed E-state index contributed by atoms with van der Waals surface area (Å²) >= 11 is 0. The average molecular weight is 311 g/mol. The maximum atomic E-state index is 13.7. The molecule has 1 saturated heterocycles. The lowest BCUT2D eigenvalue weighted by Gasteiger charge is -2.31. The van der Waals surface area contributed by atoms with Crippen molar-refractivity contribution in [3.05, 3.63) is 66.2 Å². The highest BCUT2D eigenvalue weighted by Gasteiger charge is 2.15. The lowest BCUT2D eigenvalue weighted by atomic mass is 10.1. The van der Waals surface area contributed by atoms with Gasteiger partial charge in [-0.2, -0.15) is 0 Å². The molecule has 0 aliphatic carbocycles. The second-order valence-corrected chi connectivity index (χ2v) is 5.89. The molecule has 3 rings (SSSR count). The van der Waals surface area contributed by atoms with Crippen LogP contribution in [-0.4, -0.2) is 18.1 Å². The molecule has 3 nitrogen and oxygen atoms in total. The van der Waals surface area contributed by atoms with Crippen molar-refractivity contribution in [2.75, 3.05) is 18.0 Å². The quantitative estimate of drug-likeness (QED) is 0.905. The largest absolute Gasteiger partial charge is 0.381 e. The number of nitrogens with zero attached hydrogens (tertiary/aromatic N) is 2. The Morgan fingerprint density at radius 2 is 1.87 bits per heavy atom. The van der Waals surface area contributed by atoms with Crippen LogP contribution in [-0.2, 0) is 6.54 Å². The number of piperidine rings is 1. The van der Waals surface area contributed by atoms with Gasteiger partial charge in [-0.1, -0.05) is 6.58 Å². The lowest BCUT2D eigenvalue weighted by Crippen LogP contribution is -2.30. The third-order valence-electron chi connectivity index (χ3n) is 4.26. The van der Waals surface area contributed by atoms with Crippen LogP contribution in [0.25, 0.3) is 5.70 Å². The van der Waals surface area contributed by atoms with E-state index in [4.69, 9.17) is 0 Å². The number of hydrogen-bond donors (Lipinski definition) is 1. The molecule has 2 heterocycles. The van der Waals surface area contributed by atoms with Crippen LogP contribution in [0.15, 0.2) is 49.3 Å². The van der Waals surface area contributed by atoms with Crippen LogP contribution in [0, 0.1) is 5.82 Å². The Morgan fingerprint density at radius 3 is 2.61 bits per heavy atom. The number of anilines is 1. The third-order valence-corrected chi connectivity index (χ3v) is 4.26. The Kier molecular flexibility index (Phi) is 4.91. The summed E-state index contributed by atoms with van der Waals surface area (Å²) in [5.74, 6) is -0.197. The van der Waals surface area contributed by atoms with Gasteiger partial charge >= 0.3 is 0 Å². The van der Waals surface area contributed by atoms with Gasteiger partial charge in [-0.3, -0.25) is 4.98 Å². The summed E-state index contributed by atoms with van der Waals surface area (Å²) < 4.78 is 13.7. The molecule has 4 heteroatoms. The van der Waals surface area contributed by atoms with E-state index in [0.29, 0.717) is 6.54 Å². The van der Waals surface area contributed by atoms with E-state index in [-0.39, 0.29) is 5.82 Å². The van der Waals surface area contributed by atoms with Crippen LogP contribution in [0.3, 0.4) is 0 Å². The van der Waals surface area contributed by atoms with Crippen molar-refractivity contribution in [1.29, 1.82) is 0 Å².